The highest BCUT2D eigenvalue weighted by atomic mass is 16.5. The first-order chi connectivity index (χ1) is 15.0. The zero-order chi connectivity index (χ0) is 21.8. The molecule has 0 atom stereocenters. The number of carbonyl (C=O) groups is 3. The van der Waals surface area contributed by atoms with Gasteiger partial charge < -0.3 is 4.74 Å². The minimum Gasteiger partial charge on any atom is -0.466 e. The van der Waals surface area contributed by atoms with Gasteiger partial charge in [-0.25, -0.2) is 4.79 Å². The Balaban J connectivity index is 1.63. The summed E-state index contributed by atoms with van der Waals surface area (Å²) in [5, 5.41) is 11.7. The van der Waals surface area contributed by atoms with E-state index in [1.165, 1.54) is 0 Å². The van der Waals surface area contributed by atoms with Gasteiger partial charge in [0.25, 0.3) is 17.4 Å². The maximum Gasteiger partial charge on any atom is 0.333 e. The van der Waals surface area contributed by atoms with Gasteiger partial charge in [0.05, 0.1) is 11.9 Å². The largest absolute Gasteiger partial charge is 0.466 e. The van der Waals surface area contributed by atoms with Crippen molar-refractivity contribution in [3.63, 3.8) is 0 Å². The molecule has 1 fully saturated rings. The number of hydrogen-bond acceptors (Lipinski definition) is 6. The molecule has 1 saturated heterocycles. The Hall–Kier alpha value is -3.55. The molecule has 0 N–H and O–H groups in total. The van der Waals surface area contributed by atoms with Gasteiger partial charge in [0.1, 0.15) is 5.75 Å². The molecule has 3 aliphatic heterocycles. The second kappa shape index (κ2) is 7.01. The fraction of sp³-hybridized carbons (Fsp3) is 0.348. The third-order valence-corrected chi connectivity index (χ3v) is 5.95. The number of barbiturate groups is 1. The first kappa shape index (κ1) is 19.4. The van der Waals surface area contributed by atoms with Gasteiger partial charge in [-0.15, -0.1) is 0 Å². The van der Waals surface area contributed by atoms with Crippen LogP contribution in [-0.4, -0.2) is 46.3 Å². The Morgan fingerprint density at radius 2 is 1.74 bits per heavy atom. The third-order valence-electron chi connectivity index (χ3n) is 5.95. The minimum atomic E-state index is -1.74. The van der Waals surface area contributed by atoms with Crippen molar-refractivity contribution < 1.29 is 19.1 Å². The molecule has 8 nitrogen and oxygen atoms in total. The molecule has 2 aromatic rings. The lowest BCUT2D eigenvalue weighted by molar-refractivity contribution is -0.166. The number of imide groups is 2. The monoisotopic (exact) mass is 418 g/mol. The van der Waals surface area contributed by atoms with Crippen molar-refractivity contribution in [1.29, 1.82) is 0 Å². The van der Waals surface area contributed by atoms with Crippen LogP contribution in [0.3, 0.4) is 0 Å². The van der Waals surface area contributed by atoms with E-state index < -0.39 is 23.4 Å². The van der Waals surface area contributed by atoms with Crippen LogP contribution >= 0.6 is 0 Å². The van der Waals surface area contributed by atoms with Crippen LogP contribution in [0.5, 0.6) is 5.75 Å². The predicted octanol–water partition coefficient (Wildman–Crippen LogP) is 2.59. The number of hydrogen-bond donors (Lipinski definition) is 0. The second-order valence-corrected chi connectivity index (χ2v) is 7.99. The highest BCUT2D eigenvalue weighted by molar-refractivity contribution is 6.22. The zero-order valence-electron chi connectivity index (χ0n) is 17.4. The van der Waals surface area contributed by atoms with E-state index in [2.05, 4.69) is 10.2 Å². The summed E-state index contributed by atoms with van der Waals surface area (Å²) in [5.74, 6) is -0.716. The number of nitrogens with zero attached hydrogens (tertiary/aromatic N) is 4. The molecule has 0 bridgehead atoms. The fourth-order valence-electron chi connectivity index (χ4n) is 4.45. The van der Waals surface area contributed by atoms with Crippen LogP contribution in [0.1, 0.15) is 33.1 Å². The Labute approximate surface area is 178 Å². The van der Waals surface area contributed by atoms with Crippen molar-refractivity contribution in [3.8, 4) is 5.75 Å². The molecule has 2 aromatic carbocycles. The average Bonchev–Trinajstić information content (AvgIpc) is 3.24. The molecular weight excluding hydrogens is 396 g/mol. The summed E-state index contributed by atoms with van der Waals surface area (Å²) in [6.45, 7) is 4.26. The molecule has 0 radical (unpaired) electrons. The molecule has 31 heavy (non-hydrogen) atoms. The molecule has 0 aliphatic carbocycles. The Kier molecular flexibility index (Phi) is 4.39. The number of fused-ring (bicyclic) bond motifs is 4. The lowest BCUT2D eigenvalue weighted by Crippen LogP contribution is -2.71. The van der Waals surface area contributed by atoms with Crippen LogP contribution in [-0.2, 0) is 9.59 Å². The maximum absolute atomic E-state index is 13.4. The summed E-state index contributed by atoms with van der Waals surface area (Å²) in [7, 11) is 0. The molecular formula is C23H22N4O4. The summed E-state index contributed by atoms with van der Waals surface area (Å²) in [4.78, 5) is 41.9. The van der Waals surface area contributed by atoms with Crippen molar-refractivity contribution in [2.75, 3.05) is 13.1 Å². The topological polar surface area (TPSA) is 91.6 Å². The molecule has 4 amide bonds. The first-order valence-electron chi connectivity index (χ1n) is 10.5. The summed E-state index contributed by atoms with van der Waals surface area (Å²) in [5.41, 5.74) is -0.936. The first-order valence-corrected chi connectivity index (χ1v) is 10.5. The standard InChI is InChI=1S/C23H22N4O4/c1-3-9-26-20(28)23(21(29)27(10-4-2)22(26)30)8-7-16-17-11-15-13-24-25-18(15)12-14(17)5-6-19(16)31-23/h5-7,11-13H,3-4,8-10H2,1-2H3. The fourth-order valence-corrected chi connectivity index (χ4v) is 4.45. The van der Waals surface area contributed by atoms with Crippen molar-refractivity contribution in [2.24, 2.45) is 10.2 Å². The molecule has 1 spiro atoms. The summed E-state index contributed by atoms with van der Waals surface area (Å²) < 4.78 is 6.19. The summed E-state index contributed by atoms with van der Waals surface area (Å²) in [6.07, 6.45) is 4.84. The van der Waals surface area contributed by atoms with E-state index in [1.54, 1.807) is 12.3 Å². The minimum absolute atomic E-state index is 0.0695. The summed E-state index contributed by atoms with van der Waals surface area (Å²) in [6, 6.07) is 7.03. The van der Waals surface area contributed by atoms with Gasteiger partial charge in [0, 0.05) is 29.9 Å². The Morgan fingerprint density at radius 1 is 1.03 bits per heavy atom. The Bertz CT molecular complexity index is 1270. The highest BCUT2D eigenvalue weighted by Gasteiger charge is 2.59. The molecule has 0 unspecified atom stereocenters. The number of amides is 4. The van der Waals surface area contributed by atoms with Gasteiger partial charge in [-0.1, -0.05) is 26.0 Å². The van der Waals surface area contributed by atoms with Crippen LogP contribution in [0.25, 0.3) is 23.0 Å². The van der Waals surface area contributed by atoms with Crippen molar-refractivity contribution in [3.05, 3.63) is 34.7 Å². The average molecular weight is 418 g/mol. The van der Waals surface area contributed by atoms with E-state index in [-0.39, 0.29) is 19.5 Å². The summed E-state index contributed by atoms with van der Waals surface area (Å²) >= 11 is 0. The van der Waals surface area contributed by atoms with Crippen LogP contribution < -0.4 is 15.2 Å². The van der Waals surface area contributed by atoms with Gasteiger partial charge >= 0.3 is 6.03 Å². The quantitative estimate of drug-likeness (QED) is 0.714. The van der Waals surface area contributed by atoms with E-state index in [1.807, 2.05) is 38.1 Å². The van der Waals surface area contributed by atoms with Crippen LogP contribution in [0.4, 0.5) is 10.5 Å². The lowest BCUT2D eigenvalue weighted by Gasteiger charge is -2.44. The number of benzene rings is 2. The zero-order valence-corrected chi connectivity index (χ0v) is 17.4. The van der Waals surface area contributed by atoms with E-state index >= 15 is 0 Å². The molecule has 8 heteroatoms. The number of azo groups is 1. The molecule has 5 rings (SSSR count). The highest BCUT2D eigenvalue weighted by Crippen LogP contribution is 2.34. The van der Waals surface area contributed by atoms with E-state index in [4.69, 9.17) is 4.74 Å². The van der Waals surface area contributed by atoms with Gasteiger partial charge in [-0.05, 0) is 41.8 Å². The number of rotatable bonds is 4. The van der Waals surface area contributed by atoms with Crippen molar-refractivity contribution >= 4 is 46.6 Å². The lowest BCUT2D eigenvalue weighted by atomic mass is 9.89. The van der Waals surface area contributed by atoms with Gasteiger partial charge in [0.2, 0.25) is 0 Å². The predicted molar refractivity (Wildman–Crippen MR) is 114 cm³/mol. The van der Waals surface area contributed by atoms with Crippen LogP contribution in [0.15, 0.2) is 34.5 Å². The number of carbonyl (C=O) groups excluding carboxylic acids is 3. The normalized spacial score (nSPS) is 18.7. The molecule has 158 valence electrons. The second-order valence-electron chi connectivity index (χ2n) is 7.99. The van der Waals surface area contributed by atoms with Crippen molar-refractivity contribution in [2.45, 2.75) is 38.7 Å². The molecule has 0 saturated carbocycles. The van der Waals surface area contributed by atoms with E-state index in [9.17, 15) is 14.4 Å². The van der Waals surface area contributed by atoms with Gasteiger partial charge in [-0.3, -0.25) is 19.4 Å². The maximum atomic E-state index is 13.4. The van der Waals surface area contributed by atoms with Gasteiger partial charge in [0.15, 0.2) is 0 Å². The molecule has 3 aliphatic rings. The van der Waals surface area contributed by atoms with Crippen molar-refractivity contribution in [1.82, 2.24) is 9.80 Å². The SMILES string of the molecule is CCCN1C(=O)N(CCC)C(=O)C2(CC=c3c(ccc4cc5c(cc34)=CN=N5)O2)C1=O. The number of ether oxygens (including phenoxy) is 1. The van der Waals surface area contributed by atoms with Gasteiger partial charge in [-0.2, -0.15) is 10.2 Å². The van der Waals surface area contributed by atoms with Crippen LogP contribution in [0.2, 0.25) is 0 Å². The van der Waals surface area contributed by atoms with E-state index in [0.29, 0.717) is 18.6 Å². The van der Waals surface area contributed by atoms with E-state index in [0.717, 1.165) is 36.7 Å². The van der Waals surface area contributed by atoms with Crippen LogP contribution in [0, 0.1) is 0 Å². The molecule has 0 aromatic heterocycles. The smallest absolute Gasteiger partial charge is 0.333 e. The molecule has 3 heterocycles. The third kappa shape index (κ3) is 2.71. The Morgan fingerprint density at radius 3 is 2.42 bits per heavy atom. The number of urea groups is 1.